The van der Waals surface area contributed by atoms with Crippen LogP contribution in [-0.4, -0.2) is 30.2 Å². The molecule has 5 heteroatoms. The van der Waals surface area contributed by atoms with Crippen molar-refractivity contribution in [1.29, 1.82) is 0 Å². The van der Waals surface area contributed by atoms with Crippen molar-refractivity contribution in [2.24, 2.45) is 5.10 Å². The smallest absolute Gasteiger partial charge is 0.271 e. The first-order valence-electron chi connectivity index (χ1n) is 10.5. The molecule has 4 rings (SSSR count). The summed E-state index contributed by atoms with van der Waals surface area (Å²) >= 11 is 0. The molecule has 0 atom stereocenters. The number of H-pyrrole nitrogens is 1. The summed E-state index contributed by atoms with van der Waals surface area (Å²) in [4.78, 5) is 18.3. The van der Waals surface area contributed by atoms with Crippen molar-refractivity contribution in [3.63, 3.8) is 0 Å². The zero-order valence-electron chi connectivity index (χ0n) is 17.2. The van der Waals surface area contributed by atoms with E-state index in [1.807, 2.05) is 30.3 Å². The number of anilines is 1. The molecule has 0 saturated carbocycles. The summed E-state index contributed by atoms with van der Waals surface area (Å²) in [7, 11) is 0. The summed E-state index contributed by atoms with van der Waals surface area (Å²) < 4.78 is 0. The van der Waals surface area contributed by atoms with Gasteiger partial charge in [0.1, 0.15) is 0 Å². The number of nitrogens with zero attached hydrogens (tertiary/aromatic N) is 2. The van der Waals surface area contributed by atoms with Crippen LogP contribution in [0.5, 0.6) is 0 Å². The van der Waals surface area contributed by atoms with Gasteiger partial charge in [0, 0.05) is 40.9 Å². The van der Waals surface area contributed by atoms with Gasteiger partial charge in [-0.2, -0.15) is 5.10 Å². The highest BCUT2D eigenvalue weighted by Crippen LogP contribution is 2.29. The number of aromatic amines is 1. The molecule has 2 aromatic carbocycles. The first kappa shape index (κ1) is 19.2. The average Bonchev–Trinajstić information content (AvgIpc) is 3.13. The van der Waals surface area contributed by atoms with Gasteiger partial charge in [0.2, 0.25) is 0 Å². The largest absolute Gasteiger partial charge is 0.372 e. The van der Waals surface area contributed by atoms with Crippen LogP contribution in [0.3, 0.4) is 0 Å². The number of hydrazone groups is 1. The molecule has 0 spiro atoms. The molecule has 5 nitrogen and oxygen atoms in total. The molecule has 3 aromatic rings. The van der Waals surface area contributed by atoms with E-state index in [1.165, 1.54) is 35.2 Å². The van der Waals surface area contributed by atoms with Crippen molar-refractivity contribution in [3.05, 3.63) is 64.8 Å². The van der Waals surface area contributed by atoms with Crippen molar-refractivity contribution in [2.75, 3.05) is 18.0 Å². The number of hydrogen-bond donors (Lipinski definition) is 2. The molecule has 0 bridgehead atoms. The average molecular weight is 389 g/mol. The van der Waals surface area contributed by atoms with Crippen molar-refractivity contribution in [1.82, 2.24) is 10.4 Å². The van der Waals surface area contributed by atoms with Crippen LogP contribution in [0.2, 0.25) is 0 Å². The maximum atomic E-state index is 12.5. The van der Waals surface area contributed by atoms with E-state index in [-0.39, 0.29) is 5.91 Å². The fraction of sp³-hybridized carbons (Fsp3) is 0.333. The SMILES string of the molecule is CCN(CC)c1ccc(/C=N\NC(=O)c2ccc3[nH]c4c(c3c2)CCCC4)cc1. The van der Waals surface area contributed by atoms with Gasteiger partial charge >= 0.3 is 0 Å². The molecule has 2 N–H and O–H groups in total. The van der Waals surface area contributed by atoms with Crippen LogP contribution in [-0.2, 0) is 12.8 Å². The lowest BCUT2D eigenvalue weighted by atomic mass is 9.95. The minimum absolute atomic E-state index is 0.186. The van der Waals surface area contributed by atoms with E-state index >= 15 is 0 Å². The number of fused-ring (bicyclic) bond motifs is 3. The molecule has 1 aliphatic carbocycles. The topological polar surface area (TPSA) is 60.5 Å². The highest BCUT2D eigenvalue weighted by Gasteiger charge is 2.16. The van der Waals surface area contributed by atoms with Gasteiger partial charge in [-0.1, -0.05) is 12.1 Å². The summed E-state index contributed by atoms with van der Waals surface area (Å²) in [5.74, 6) is -0.186. The van der Waals surface area contributed by atoms with Gasteiger partial charge in [-0.15, -0.1) is 0 Å². The zero-order valence-corrected chi connectivity index (χ0v) is 17.2. The Morgan fingerprint density at radius 3 is 2.62 bits per heavy atom. The van der Waals surface area contributed by atoms with E-state index in [2.05, 4.69) is 46.4 Å². The molecule has 0 saturated heterocycles. The van der Waals surface area contributed by atoms with Crippen molar-refractivity contribution in [2.45, 2.75) is 39.5 Å². The molecule has 1 aliphatic rings. The Kier molecular flexibility index (Phi) is 5.65. The number of hydrogen-bond acceptors (Lipinski definition) is 3. The van der Waals surface area contributed by atoms with Gasteiger partial charge in [0.05, 0.1) is 6.21 Å². The second kappa shape index (κ2) is 8.52. The van der Waals surface area contributed by atoms with Gasteiger partial charge in [-0.25, -0.2) is 5.43 Å². The summed E-state index contributed by atoms with van der Waals surface area (Å²) in [5, 5.41) is 5.31. The molecule has 1 amide bonds. The molecule has 0 radical (unpaired) electrons. The lowest BCUT2D eigenvalue weighted by Crippen LogP contribution is -2.21. The number of carbonyl (C=O) groups is 1. The number of aryl methyl sites for hydroxylation is 2. The summed E-state index contributed by atoms with van der Waals surface area (Å²) in [6, 6.07) is 14.0. The standard InChI is InChI=1S/C24H28N4O/c1-3-28(4-2)19-12-9-17(10-13-19)16-25-27-24(29)18-11-14-23-21(15-18)20-7-5-6-8-22(20)26-23/h9-16,26H,3-8H2,1-2H3,(H,27,29)/b25-16-. The third kappa shape index (κ3) is 4.04. The van der Waals surface area contributed by atoms with E-state index in [1.54, 1.807) is 6.21 Å². The Bertz CT molecular complexity index is 1030. The minimum Gasteiger partial charge on any atom is -0.372 e. The lowest BCUT2D eigenvalue weighted by Gasteiger charge is -2.20. The van der Waals surface area contributed by atoms with E-state index in [0.717, 1.165) is 37.0 Å². The third-order valence-corrected chi connectivity index (χ3v) is 5.76. The maximum Gasteiger partial charge on any atom is 0.271 e. The van der Waals surface area contributed by atoms with E-state index < -0.39 is 0 Å². The van der Waals surface area contributed by atoms with Crippen molar-refractivity contribution in [3.8, 4) is 0 Å². The first-order valence-corrected chi connectivity index (χ1v) is 10.5. The molecular formula is C24H28N4O. The third-order valence-electron chi connectivity index (χ3n) is 5.76. The Hall–Kier alpha value is -3.08. The van der Waals surface area contributed by atoms with Crippen LogP contribution in [0.4, 0.5) is 5.69 Å². The van der Waals surface area contributed by atoms with Crippen molar-refractivity contribution < 1.29 is 4.79 Å². The van der Waals surface area contributed by atoms with Crippen LogP contribution in [0.15, 0.2) is 47.6 Å². The summed E-state index contributed by atoms with van der Waals surface area (Å²) in [6.07, 6.45) is 6.32. The monoisotopic (exact) mass is 388 g/mol. The lowest BCUT2D eigenvalue weighted by molar-refractivity contribution is 0.0955. The predicted octanol–water partition coefficient (Wildman–Crippen LogP) is 4.66. The second-order valence-corrected chi connectivity index (χ2v) is 7.51. The minimum atomic E-state index is -0.186. The molecule has 0 fully saturated rings. The Balaban J connectivity index is 1.44. The van der Waals surface area contributed by atoms with E-state index in [4.69, 9.17) is 0 Å². The summed E-state index contributed by atoms with van der Waals surface area (Å²) in [5.41, 5.74) is 9.26. The normalized spacial score (nSPS) is 13.6. The molecule has 0 unspecified atom stereocenters. The number of rotatable bonds is 6. The number of nitrogens with one attached hydrogen (secondary N) is 2. The fourth-order valence-electron chi connectivity index (χ4n) is 4.14. The van der Waals surface area contributed by atoms with Gasteiger partial charge in [-0.3, -0.25) is 4.79 Å². The van der Waals surface area contributed by atoms with Crippen LogP contribution in [0, 0.1) is 0 Å². The molecular weight excluding hydrogens is 360 g/mol. The quantitative estimate of drug-likeness (QED) is 0.477. The molecule has 150 valence electrons. The molecule has 0 aliphatic heterocycles. The number of aromatic nitrogens is 1. The van der Waals surface area contributed by atoms with Crippen LogP contribution < -0.4 is 10.3 Å². The fourth-order valence-corrected chi connectivity index (χ4v) is 4.14. The maximum absolute atomic E-state index is 12.5. The van der Waals surface area contributed by atoms with E-state index in [9.17, 15) is 4.79 Å². The molecule has 1 aromatic heterocycles. The second-order valence-electron chi connectivity index (χ2n) is 7.51. The van der Waals surface area contributed by atoms with Crippen molar-refractivity contribution >= 4 is 28.7 Å². The van der Waals surface area contributed by atoms with Gasteiger partial charge in [0.15, 0.2) is 0 Å². The highest BCUT2D eigenvalue weighted by molar-refractivity contribution is 5.99. The molecule has 29 heavy (non-hydrogen) atoms. The molecule has 1 heterocycles. The number of amides is 1. The number of carbonyl (C=O) groups excluding carboxylic acids is 1. The van der Waals surface area contributed by atoms with Gasteiger partial charge < -0.3 is 9.88 Å². The first-order chi connectivity index (χ1) is 14.2. The Morgan fingerprint density at radius 1 is 1.10 bits per heavy atom. The zero-order chi connectivity index (χ0) is 20.2. The van der Waals surface area contributed by atoms with Crippen LogP contribution >= 0.6 is 0 Å². The van der Waals surface area contributed by atoms with Crippen LogP contribution in [0.1, 0.15) is 53.9 Å². The number of benzene rings is 2. The Labute approximate surface area is 171 Å². The summed E-state index contributed by atoms with van der Waals surface area (Å²) in [6.45, 7) is 6.26. The van der Waals surface area contributed by atoms with Crippen LogP contribution in [0.25, 0.3) is 10.9 Å². The predicted molar refractivity (Wildman–Crippen MR) is 120 cm³/mol. The highest BCUT2D eigenvalue weighted by atomic mass is 16.2. The Morgan fingerprint density at radius 2 is 1.86 bits per heavy atom. The van der Waals surface area contributed by atoms with Gasteiger partial charge in [0.25, 0.3) is 5.91 Å². The van der Waals surface area contributed by atoms with Gasteiger partial charge in [-0.05, 0) is 81.0 Å². The van der Waals surface area contributed by atoms with E-state index in [0.29, 0.717) is 5.56 Å².